The van der Waals surface area contributed by atoms with E-state index in [0.717, 1.165) is 18.8 Å². The molecule has 128 valence electrons. The van der Waals surface area contributed by atoms with Crippen molar-refractivity contribution in [1.29, 1.82) is 0 Å². The Hall–Kier alpha value is -2.44. The molecule has 0 aliphatic carbocycles. The molecule has 2 N–H and O–H groups in total. The van der Waals surface area contributed by atoms with Crippen LogP contribution in [0, 0.1) is 5.41 Å². The van der Waals surface area contributed by atoms with E-state index < -0.39 is 5.41 Å². The Labute approximate surface area is 140 Å². The number of rotatable bonds is 3. The van der Waals surface area contributed by atoms with E-state index in [1.165, 1.54) is 6.92 Å². The summed E-state index contributed by atoms with van der Waals surface area (Å²) in [5.74, 6) is 0.753. The molecular weight excluding hydrogens is 306 g/mol. The van der Waals surface area contributed by atoms with E-state index in [1.54, 1.807) is 12.4 Å². The van der Waals surface area contributed by atoms with E-state index >= 15 is 0 Å². The maximum Gasteiger partial charge on any atom is 0.217 e. The molecule has 3 heterocycles. The molecule has 2 aromatic rings. The molecule has 0 bridgehead atoms. The van der Waals surface area contributed by atoms with Crippen LogP contribution in [0.4, 0.5) is 5.82 Å². The Kier molecular flexibility index (Phi) is 4.03. The molecule has 1 fully saturated rings. The summed E-state index contributed by atoms with van der Waals surface area (Å²) in [6, 6.07) is 0.127. The Morgan fingerprint density at radius 1 is 1.38 bits per heavy atom. The van der Waals surface area contributed by atoms with Crippen LogP contribution < -0.4 is 10.2 Å². The molecule has 7 nitrogen and oxygen atoms in total. The lowest BCUT2D eigenvalue weighted by molar-refractivity contribution is -0.119. The van der Waals surface area contributed by atoms with E-state index in [9.17, 15) is 9.59 Å². The van der Waals surface area contributed by atoms with E-state index in [0.29, 0.717) is 23.3 Å². The third-order valence-corrected chi connectivity index (χ3v) is 4.21. The number of aromatic nitrogens is 3. The number of nitrogens with zero attached hydrogens (tertiary/aromatic N) is 3. The van der Waals surface area contributed by atoms with Crippen molar-refractivity contribution in [3.05, 3.63) is 18.0 Å². The predicted octanol–water partition coefficient (Wildman–Crippen LogP) is 1.90. The lowest BCUT2D eigenvalue weighted by atomic mass is 9.87. The molecule has 0 aromatic carbocycles. The molecular formula is C17H23N5O2. The molecule has 1 aliphatic rings. The lowest BCUT2D eigenvalue weighted by Crippen LogP contribution is -2.35. The predicted molar refractivity (Wildman–Crippen MR) is 92.1 cm³/mol. The lowest BCUT2D eigenvalue weighted by Gasteiger charge is -2.18. The standard InChI is InChI=1S/C17H23N5O2/c1-10(23)20-11-5-6-22(9-11)13-8-19-16-14(21-13)12(7-18-16)15(24)17(2,3)4/h7-8,11H,5-6,9H2,1-4H3,(H,18,19)(H,20,23). The summed E-state index contributed by atoms with van der Waals surface area (Å²) in [7, 11) is 0. The Balaban J connectivity index is 1.89. The second-order valence-corrected chi connectivity index (χ2v) is 7.34. The molecule has 0 saturated carbocycles. The highest BCUT2D eigenvalue weighted by Crippen LogP contribution is 2.27. The fourth-order valence-electron chi connectivity index (χ4n) is 2.99. The van der Waals surface area contributed by atoms with Gasteiger partial charge in [0.2, 0.25) is 5.91 Å². The van der Waals surface area contributed by atoms with Crippen molar-refractivity contribution in [1.82, 2.24) is 20.3 Å². The number of anilines is 1. The van der Waals surface area contributed by atoms with Gasteiger partial charge in [0.05, 0.1) is 11.8 Å². The zero-order valence-corrected chi connectivity index (χ0v) is 14.5. The van der Waals surface area contributed by atoms with Crippen LogP contribution in [0.15, 0.2) is 12.4 Å². The van der Waals surface area contributed by atoms with Gasteiger partial charge in [-0.15, -0.1) is 0 Å². The molecule has 24 heavy (non-hydrogen) atoms. The van der Waals surface area contributed by atoms with Crippen molar-refractivity contribution >= 4 is 28.7 Å². The van der Waals surface area contributed by atoms with Crippen LogP contribution in [-0.2, 0) is 4.79 Å². The third kappa shape index (κ3) is 3.11. The largest absolute Gasteiger partial charge is 0.353 e. The van der Waals surface area contributed by atoms with Crippen LogP contribution in [0.25, 0.3) is 11.2 Å². The number of Topliss-reactive ketones (excluding diaryl/α,β-unsaturated/α-hetero) is 1. The number of ketones is 1. The normalized spacial score (nSPS) is 18.2. The number of H-pyrrole nitrogens is 1. The smallest absolute Gasteiger partial charge is 0.217 e. The number of hydrogen-bond acceptors (Lipinski definition) is 5. The average molecular weight is 329 g/mol. The third-order valence-electron chi connectivity index (χ3n) is 4.21. The average Bonchev–Trinajstić information content (AvgIpc) is 3.10. The molecule has 1 amide bonds. The molecule has 1 atom stereocenters. The summed E-state index contributed by atoms with van der Waals surface area (Å²) >= 11 is 0. The molecule has 1 unspecified atom stereocenters. The highest BCUT2D eigenvalue weighted by atomic mass is 16.1. The van der Waals surface area contributed by atoms with E-state index in [2.05, 4.69) is 25.2 Å². The number of amides is 1. The second-order valence-electron chi connectivity index (χ2n) is 7.34. The first kappa shape index (κ1) is 16.4. The first-order valence-electron chi connectivity index (χ1n) is 8.16. The number of fused-ring (bicyclic) bond motifs is 1. The van der Waals surface area contributed by atoms with E-state index in [-0.39, 0.29) is 17.7 Å². The summed E-state index contributed by atoms with van der Waals surface area (Å²) in [5.41, 5.74) is 1.32. The Morgan fingerprint density at radius 2 is 2.12 bits per heavy atom. The van der Waals surface area contributed by atoms with Crippen LogP contribution in [0.1, 0.15) is 44.5 Å². The zero-order chi connectivity index (χ0) is 17.5. The van der Waals surface area contributed by atoms with Crippen LogP contribution in [-0.4, -0.2) is 45.8 Å². The fourth-order valence-corrected chi connectivity index (χ4v) is 2.99. The van der Waals surface area contributed by atoms with Gasteiger partial charge >= 0.3 is 0 Å². The van der Waals surface area contributed by atoms with Crippen molar-refractivity contribution in [2.45, 2.75) is 40.2 Å². The number of aromatic amines is 1. The van der Waals surface area contributed by atoms with Crippen molar-refractivity contribution in [3.63, 3.8) is 0 Å². The minimum absolute atomic E-state index is 0.0212. The van der Waals surface area contributed by atoms with Crippen molar-refractivity contribution in [2.24, 2.45) is 5.41 Å². The van der Waals surface area contributed by atoms with Gasteiger partial charge in [-0.3, -0.25) is 9.59 Å². The van der Waals surface area contributed by atoms with Crippen molar-refractivity contribution < 1.29 is 9.59 Å². The molecule has 7 heteroatoms. The summed E-state index contributed by atoms with van der Waals surface area (Å²) in [5, 5.41) is 2.93. The second kappa shape index (κ2) is 5.89. The molecule has 1 aliphatic heterocycles. The van der Waals surface area contributed by atoms with Gasteiger partial charge in [-0.25, -0.2) is 9.97 Å². The Bertz CT molecular complexity index is 790. The molecule has 0 radical (unpaired) electrons. The van der Waals surface area contributed by atoms with Crippen LogP contribution in [0.5, 0.6) is 0 Å². The van der Waals surface area contributed by atoms with E-state index in [4.69, 9.17) is 0 Å². The van der Waals surface area contributed by atoms with Crippen molar-refractivity contribution in [2.75, 3.05) is 18.0 Å². The van der Waals surface area contributed by atoms with Crippen LogP contribution in [0.2, 0.25) is 0 Å². The van der Waals surface area contributed by atoms with Gasteiger partial charge in [0.1, 0.15) is 11.3 Å². The minimum atomic E-state index is -0.475. The fraction of sp³-hybridized carbons (Fsp3) is 0.529. The van der Waals surface area contributed by atoms with Gasteiger partial charge in [-0.1, -0.05) is 20.8 Å². The first-order valence-corrected chi connectivity index (χ1v) is 8.16. The van der Waals surface area contributed by atoms with Gasteiger partial charge in [0, 0.05) is 37.7 Å². The molecule has 3 rings (SSSR count). The molecule has 0 spiro atoms. The zero-order valence-electron chi connectivity index (χ0n) is 14.5. The maximum atomic E-state index is 12.6. The first-order chi connectivity index (χ1) is 11.3. The van der Waals surface area contributed by atoms with Gasteiger partial charge in [-0.2, -0.15) is 0 Å². The monoisotopic (exact) mass is 329 g/mol. The van der Waals surface area contributed by atoms with Gasteiger partial charge < -0.3 is 15.2 Å². The molecule has 1 saturated heterocycles. The topological polar surface area (TPSA) is 91.0 Å². The summed E-state index contributed by atoms with van der Waals surface area (Å²) in [6.07, 6.45) is 4.27. The minimum Gasteiger partial charge on any atom is -0.353 e. The summed E-state index contributed by atoms with van der Waals surface area (Å²) in [4.78, 5) is 38.0. The highest BCUT2D eigenvalue weighted by molar-refractivity contribution is 6.08. The van der Waals surface area contributed by atoms with E-state index in [1.807, 2.05) is 20.8 Å². The molecule has 2 aromatic heterocycles. The Morgan fingerprint density at radius 3 is 2.79 bits per heavy atom. The number of nitrogens with one attached hydrogen (secondary N) is 2. The quantitative estimate of drug-likeness (QED) is 0.839. The van der Waals surface area contributed by atoms with Gasteiger partial charge in [-0.05, 0) is 6.42 Å². The number of carbonyl (C=O) groups is 2. The van der Waals surface area contributed by atoms with Gasteiger partial charge in [0.25, 0.3) is 0 Å². The van der Waals surface area contributed by atoms with Gasteiger partial charge in [0.15, 0.2) is 11.4 Å². The maximum absolute atomic E-state index is 12.6. The summed E-state index contributed by atoms with van der Waals surface area (Å²) in [6.45, 7) is 8.71. The van der Waals surface area contributed by atoms with Crippen LogP contribution >= 0.6 is 0 Å². The number of hydrogen-bond donors (Lipinski definition) is 2. The van der Waals surface area contributed by atoms with Crippen molar-refractivity contribution in [3.8, 4) is 0 Å². The summed E-state index contributed by atoms with van der Waals surface area (Å²) < 4.78 is 0. The highest BCUT2D eigenvalue weighted by Gasteiger charge is 2.28. The number of carbonyl (C=O) groups excluding carboxylic acids is 2. The SMILES string of the molecule is CC(=O)NC1CCN(c2cnc3[nH]cc(C(=O)C(C)(C)C)c3n2)C1. The van der Waals surface area contributed by atoms with Crippen LogP contribution in [0.3, 0.4) is 0 Å².